The SMILES string of the molecule is CCCC[C@@H](CC)CNC(=O)CCc1cnc2ccccc2n1. The van der Waals surface area contributed by atoms with Gasteiger partial charge in [-0.15, -0.1) is 0 Å². The average molecular weight is 313 g/mol. The van der Waals surface area contributed by atoms with Crippen LogP contribution in [0.2, 0.25) is 0 Å². The molecule has 124 valence electrons. The molecule has 0 unspecified atom stereocenters. The summed E-state index contributed by atoms with van der Waals surface area (Å²) >= 11 is 0. The number of hydrogen-bond donors (Lipinski definition) is 1. The number of nitrogens with one attached hydrogen (secondary N) is 1. The molecule has 23 heavy (non-hydrogen) atoms. The average Bonchev–Trinajstić information content (AvgIpc) is 2.60. The van der Waals surface area contributed by atoms with E-state index in [1.165, 1.54) is 19.3 Å². The van der Waals surface area contributed by atoms with Crippen LogP contribution in [0.25, 0.3) is 11.0 Å². The lowest BCUT2D eigenvalue weighted by Crippen LogP contribution is -2.29. The summed E-state index contributed by atoms with van der Waals surface area (Å²) in [5, 5.41) is 3.06. The summed E-state index contributed by atoms with van der Waals surface area (Å²) in [6.07, 6.45) is 7.64. The maximum Gasteiger partial charge on any atom is 0.220 e. The van der Waals surface area contributed by atoms with Crippen molar-refractivity contribution in [1.82, 2.24) is 15.3 Å². The van der Waals surface area contributed by atoms with Gasteiger partial charge in [-0.2, -0.15) is 0 Å². The van der Waals surface area contributed by atoms with Crippen LogP contribution in [0.5, 0.6) is 0 Å². The van der Waals surface area contributed by atoms with Crippen molar-refractivity contribution in [1.29, 1.82) is 0 Å². The van der Waals surface area contributed by atoms with Gasteiger partial charge in [-0.1, -0.05) is 45.2 Å². The first-order valence-electron chi connectivity index (χ1n) is 8.70. The second-order valence-electron chi connectivity index (χ2n) is 6.07. The van der Waals surface area contributed by atoms with Crippen molar-refractivity contribution in [2.75, 3.05) is 6.54 Å². The highest BCUT2D eigenvalue weighted by Gasteiger charge is 2.09. The Morgan fingerprint density at radius 3 is 2.74 bits per heavy atom. The largest absolute Gasteiger partial charge is 0.356 e. The lowest BCUT2D eigenvalue weighted by atomic mass is 9.99. The van der Waals surface area contributed by atoms with Crippen molar-refractivity contribution >= 4 is 16.9 Å². The third-order valence-corrected chi connectivity index (χ3v) is 4.24. The number of hydrogen-bond acceptors (Lipinski definition) is 3. The molecule has 1 atom stereocenters. The fourth-order valence-corrected chi connectivity index (χ4v) is 2.65. The molecule has 1 N–H and O–H groups in total. The first-order chi connectivity index (χ1) is 11.2. The minimum absolute atomic E-state index is 0.106. The summed E-state index contributed by atoms with van der Waals surface area (Å²) in [5.41, 5.74) is 2.65. The Balaban J connectivity index is 1.78. The number of aryl methyl sites for hydroxylation is 1. The minimum Gasteiger partial charge on any atom is -0.356 e. The molecule has 1 heterocycles. The summed E-state index contributed by atoms with van der Waals surface area (Å²) in [5.74, 6) is 0.703. The van der Waals surface area contributed by atoms with Crippen molar-refractivity contribution in [3.63, 3.8) is 0 Å². The Hall–Kier alpha value is -1.97. The van der Waals surface area contributed by atoms with Gasteiger partial charge in [0.1, 0.15) is 0 Å². The van der Waals surface area contributed by atoms with Gasteiger partial charge >= 0.3 is 0 Å². The molecule has 0 saturated heterocycles. The molecule has 2 aromatic rings. The zero-order chi connectivity index (χ0) is 16.5. The van der Waals surface area contributed by atoms with Crippen LogP contribution in [0.1, 0.15) is 51.6 Å². The molecule has 0 aliphatic carbocycles. The fraction of sp³-hybridized carbons (Fsp3) is 0.526. The number of carbonyl (C=O) groups excluding carboxylic acids is 1. The number of nitrogens with zero attached hydrogens (tertiary/aromatic N) is 2. The van der Waals surface area contributed by atoms with E-state index in [-0.39, 0.29) is 5.91 Å². The fourth-order valence-electron chi connectivity index (χ4n) is 2.65. The second kappa shape index (κ2) is 9.23. The highest BCUT2D eigenvalue weighted by Crippen LogP contribution is 2.12. The van der Waals surface area contributed by atoms with Gasteiger partial charge in [-0.05, 0) is 30.9 Å². The summed E-state index contributed by atoms with van der Waals surface area (Å²) in [4.78, 5) is 21.0. The lowest BCUT2D eigenvalue weighted by Gasteiger charge is -2.15. The molecule has 1 amide bonds. The maximum atomic E-state index is 12.0. The molecular formula is C19H27N3O. The van der Waals surface area contributed by atoms with Gasteiger partial charge < -0.3 is 5.32 Å². The molecule has 1 aromatic heterocycles. The van der Waals surface area contributed by atoms with Gasteiger partial charge in [0.25, 0.3) is 0 Å². The number of benzene rings is 1. The van der Waals surface area contributed by atoms with Crippen LogP contribution in [0.15, 0.2) is 30.5 Å². The third-order valence-electron chi connectivity index (χ3n) is 4.24. The zero-order valence-corrected chi connectivity index (χ0v) is 14.2. The predicted octanol–water partition coefficient (Wildman–Crippen LogP) is 3.90. The van der Waals surface area contributed by atoms with E-state index in [1.807, 2.05) is 24.3 Å². The molecule has 0 fully saturated rings. The van der Waals surface area contributed by atoms with Crippen molar-refractivity contribution in [2.24, 2.45) is 5.92 Å². The first-order valence-corrected chi connectivity index (χ1v) is 8.70. The number of amides is 1. The quantitative estimate of drug-likeness (QED) is 0.764. The summed E-state index contributed by atoms with van der Waals surface area (Å²) in [6, 6.07) is 7.80. The summed E-state index contributed by atoms with van der Waals surface area (Å²) in [7, 11) is 0. The minimum atomic E-state index is 0.106. The van der Waals surface area contributed by atoms with Gasteiger partial charge in [0.15, 0.2) is 0 Å². The Morgan fingerprint density at radius 2 is 2.00 bits per heavy atom. The Kier molecular flexibility index (Phi) is 6.98. The normalized spacial score (nSPS) is 12.3. The van der Waals surface area contributed by atoms with Crippen molar-refractivity contribution in [2.45, 2.75) is 52.4 Å². The zero-order valence-electron chi connectivity index (χ0n) is 14.2. The van der Waals surface area contributed by atoms with Crippen LogP contribution < -0.4 is 5.32 Å². The van der Waals surface area contributed by atoms with Crippen LogP contribution in [-0.4, -0.2) is 22.4 Å². The first kappa shape index (κ1) is 17.4. The van der Waals surface area contributed by atoms with E-state index in [0.717, 1.165) is 29.7 Å². The summed E-state index contributed by atoms with van der Waals surface area (Å²) in [6.45, 7) is 5.19. The molecule has 0 aliphatic heterocycles. The topological polar surface area (TPSA) is 54.9 Å². The highest BCUT2D eigenvalue weighted by molar-refractivity contribution is 5.76. The number of fused-ring (bicyclic) bond motifs is 1. The van der Waals surface area contributed by atoms with Gasteiger partial charge in [0, 0.05) is 19.2 Å². The number of aromatic nitrogens is 2. The van der Waals surface area contributed by atoms with E-state index in [4.69, 9.17) is 0 Å². The van der Waals surface area contributed by atoms with Crippen LogP contribution in [0.3, 0.4) is 0 Å². The number of unbranched alkanes of at least 4 members (excludes halogenated alkanes) is 1. The van der Waals surface area contributed by atoms with Crippen molar-refractivity contribution in [3.05, 3.63) is 36.2 Å². The molecule has 0 aliphatic rings. The third kappa shape index (κ3) is 5.62. The molecule has 0 saturated carbocycles. The van der Waals surface area contributed by atoms with Crippen LogP contribution in [-0.2, 0) is 11.2 Å². The smallest absolute Gasteiger partial charge is 0.220 e. The van der Waals surface area contributed by atoms with E-state index in [2.05, 4.69) is 29.1 Å². The van der Waals surface area contributed by atoms with E-state index in [9.17, 15) is 4.79 Å². The summed E-state index contributed by atoms with van der Waals surface area (Å²) < 4.78 is 0. The lowest BCUT2D eigenvalue weighted by molar-refractivity contribution is -0.121. The van der Waals surface area contributed by atoms with Crippen molar-refractivity contribution in [3.8, 4) is 0 Å². The van der Waals surface area contributed by atoms with E-state index in [0.29, 0.717) is 18.8 Å². The Morgan fingerprint density at radius 1 is 1.22 bits per heavy atom. The van der Waals surface area contributed by atoms with Crippen molar-refractivity contribution < 1.29 is 4.79 Å². The number of rotatable bonds is 9. The Labute approximate surface area is 138 Å². The molecule has 2 rings (SSSR count). The van der Waals surface area contributed by atoms with E-state index < -0.39 is 0 Å². The van der Waals surface area contributed by atoms with Gasteiger partial charge in [-0.25, -0.2) is 4.98 Å². The molecule has 1 aromatic carbocycles. The molecule has 4 heteroatoms. The highest BCUT2D eigenvalue weighted by atomic mass is 16.1. The molecule has 0 bridgehead atoms. The van der Waals surface area contributed by atoms with Crippen LogP contribution >= 0.6 is 0 Å². The Bertz CT molecular complexity index is 627. The standard InChI is InChI=1S/C19H27N3O/c1-3-5-8-15(4-2)13-21-19(23)12-11-16-14-20-17-9-6-7-10-18(17)22-16/h6-7,9-10,14-15H,3-5,8,11-13H2,1-2H3,(H,21,23)/t15-/m1/s1. The van der Waals surface area contributed by atoms with Crippen LogP contribution in [0, 0.1) is 5.92 Å². The van der Waals surface area contributed by atoms with Gasteiger partial charge in [0.2, 0.25) is 5.91 Å². The second-order valence-corrected chi connectivity index (χ2v) is 6.07. The molecule has 0 radical (unpaired) electrons. The van der Waals surface area contributed by atoms with E-state index in [1.54, 1.807) is 6.20 Å². The predicted molar refractivity (Wildman–Crippen MR) is 94.2 cm³/mol. The van der Waals surface area contributed by atoms with Crippen LogP contribution in [0.4, 0.5) is 0 Å². The van der Waals surface area contributed by atoms with E-state index >= 15 is 0 Å². The molecular weight excluding hydrogens is 286 g/mol. The molecule has 0 spiro atoms. The monoisotopic (exact) mass is 313 g/mol. The van der Waals surface area contributed by atoms with Gasteiger partial charge in [0.05, 0.1) is 16.7 Å². The molecule has 4 nitrogen and oxygen atoms in total. The maximum absolute atomic E-state index is 12.0. The number of para-hydroxylation sites is 2. The van der Waals surface area contributed by atoms with Gasteiger partial charge in [-0.3, -0.25) is 9.78 Å². The number of carbonyl (C=O) groups is 1.